The van der Waals surface area contributed by atoms with Crippen LogP contribution in [-0.4, -0.2) is 24.2 Å². The monoisotopic (exact) mass is 235 g/mol. The molecule has 0 saturated heterocycles. The van der Waals surface area contributed by atoms with Crippen LogP contribution >= 0.6 is 0 Å². The molecule has 0 spiro atoms. The van der Waals surface area contributed by atoms with Crippen molar-refractivity contribution in [2.24, 2.45) is 5.41 Å². The van der Waals surface area contributed by atoms with E-state index in [2.05, 4.69) is 5.32 Å². The van der Waals surface area contributed by atoms with E-state index in [4.69, 9.17) is 16.6 Å². The molecule has 92 valence electrons. The maximum atomic E-state index is 11.8. The molecule has 0 bridgehead atoms. The van der Waals surface area contributed by atoms with Crippen LogP contribution < -0.4 is 16.8 Å². The van der Waals surface area contributed by atoms with Crippen LogP contribution in [0, 0.1) is 5.41 Å². The Morgan fingerprint density at radius 3 is 2.35 bits per heavy atom. The van der Waals surface area contributed by atoms with E-state index < -0.39 is 0 Å². The first-order chi connectivity index (χ1) is 8.04. The van der Waals surface area contributed by atoms with Gasteiger partial charge in [-0.25, -0.2) is 0 Å². The number of carbonyl (C=O) groups is 1. The van der Waals surface area contributed by atoms with Crippen molar-refractivity contribution in [2.45, 2.75) is 12.8 Å². The minimum Gasteiger partial charge on any atom is -0.399 e. The summed E-state index contributed by atoms with van der Waals surface area (Å²) in [6.07, 6.45) is 1.92. The van der Waals surface area contributed by atoms with Crippen molar-refractivity contribution >= 4 is 17.3 Å². The van der Waals surface area contributed by atoms with E-state index in [0.717, 1.165) is 12.8 Å². The fraction of sp³-hybridized carbons (Fsp3) is 0.417. The Morgan fingerprint density at radius 2 is 1.88 bits per heavy atom. The molecule has 0 radical (unpaired) electrons. The number of hydrogen-bond donors (Lipinski definition) is 4. The lowest BCUT2D eigenvalue weighted by atomic mass is 10.1. The topological polar surface area (TPSA) is 101 Å². The lowest BCUT2D eigenvalue weighted by Crippen LogP contribution is -2.31. The number of aliphatic hydroxyl groups excluding tert-OH is 1. The SMILES string of the molecule is Nc1cc(N)cc(C(=O)NCC2(CO)CC2)c1. The van der Waals surface area contributed by atoms with Gasteiger partial charge < -0.3 is 21.9 Å². The van der Waals surface area contributed by atoms with E-state index in [-0.39, 0.29) is 17.9 Å². The van der Waals surface area contributed by atoms with Gasteiger partial charge in [0.1, 0.15) is 0 Å². The molecular weight excluding hydrogens is 218 g/mol. The van der Waals surface area contributed by atoms with E-state index in [1.165, 1.54) is 0 Å². The largest absolute Gasteiger partial charge is 0.399 e. The first kappa shape index (κ1) is 11.7. The minimum atomic E-state index is -0.205. The predicted molar refractivity (Wildman–Crippen MR) is 66.4 cm³/mol. The fourth-order valence-electron chi connectivity index (χ4n) is 1.75. The highest BCUT2D eigenvalue weighted by molar-refractivity contribution is 5.96. The average molecular weight is 235 g/mol. The van der Waals surface area contributed by atoms with Crippen molar-refractivity contribution in [2.75, 3.05) is 24.6 Å². The highest BCUT2D eigenvalue weighted by Gasteiger charge is 2.42. The molecule has 1 aromatic rings. The summed E-state index contributed by atoms with van der Waals surface area (Å²) in [6, 6.07) is 4.78. The molecule has 0 atom stereocenters. The summed E-state index contributed by atoms with van der Waals surface area (Å²) < 4.78 is 0. The molecule has 0 aromatic heterocycles. The number of aliphatic hydroxyl groups is 1. The molecule has 1 aromatic carbocycles. The molecule has 17 heavy (non-hydrogen) atoms. The van der Waals surface area contributed by atoms with E-state index in [9.17, 15) is 4.79 Å². The summed E-state index contributed by atoms with van der Waals surface area (Å²) in [6.45, 7) is 0.614. The third kappa shape index (κ3) is 2.68. The zero-order valence-corrected chi connectivity index (χ0v) is 9.57. The van der Waals surface area contributed by atoms with Crippen molar-refractivity contribution in [1.82, 2.24) is 5.32 Å². The summed E-state index contributed by atoms with van der Waals surface area (Å²) in [4.78, 5) is 11.8. The van der Waals surface area contributed by atoms with Crippen LogP contribution in [0.3, 0.4) is 0 Å². The van der Waals surface area contributed by atoms with Gasteiger partial charge in [0, 0.05) is 28.9 Å². The Hall–Kier alpha value is -1.75. The normalized spacial score (nSPS) is 16.5. The van der Waals surface area contributed by atoms with Gasteiger partial charge in [-0.05, 0) is 31.0 Å². The first-order valence-electron chi connectivity index (χ1n) is 5.60. The predicted octanol–water partition coefficient (Wildman–Crippen LogP) is 0.353. The van der Waals surface area contributed by atoms with Crippen LogP contribution in [0.4, 0.5) is 11.4 Å². The van der Waals surface area contributed by atoms with E-state index >= 15 is 0 Å². The van der Waals surface area contributed by atoms with Crippen LogP contribution in [-0.2, 0) is 0 Å². The summed E-state index contributed by atoms with van der Waals surface area (Å²) in [5.41, 5.74) is 12.5. The Labute approximate surface area is 99.8 Å². The Kier molecular flexibility index (Phi) is 2.93. The number of hydrogen-bond acceptors (Lipinski definition) is 4. The molecule has 0 aliphatic heterocycles. The van der Waals surface area contributed by atoms with Crippen LogP contribution in [0.5, 0.6) is 0 Å². The lowest BCUT2D eigenvalue weighted by Gasteiger charge is -2.13. The first-order valence-corrected chi connectivity index (χ1v) is 5.60. The van der Waals surface area contributed by atoms with Crippen molar-refractivity contribution in [1.29, 1.82) is 0 Å². The summed E-state index contributed by atoms with van der Waals surface area (Å²) >= 11 is 0. The van der Waals surface area contributed by atoms with Crippen LogP contribution in [0.15, 0.2) is 18.2 Å². The van der Waals surface area contributed by atoms with Gasteiger partial charge in [0.2, 0.25) is 0 Å². The molecule has 1 fully saturated rings. The third-order valence-electron chi connectivity index (χ3n) is 3.16. The van der Waals surface area contributed by atoms with Gasteiger partial charge in [0.05, 0.1) is 6.61 Å². The van der Waals surface area contributed by atoms with E-state index in [1.807, 2.05) is 0 Å². The molecule has 5 nitrogen and oxygen atoms in total. The number of rotatable bonds is 4. The molecule has 1 aliphatic carbocycles. The lowest BCUT2D eigenvalue weighted by molar-refractivity contribution is 0.0935. The molecule has 0 unspecified atom stereocenters. The van der Waals surface area contributed by atoms with Crippen LogP contribution in [0.1, 0.15) is 23.2 Å². The number of amides is 1. The molecule has 5 heteroatoms. The zero-order valence-electron chi connectivity index (χ0n) is 9.57. The quantitative estimate of drug-likeness (QED) is 0.566. The summed E-state index contributed by atoms with van der Waals surface area (Å²) in [5.74, 6) is -0.205. The van der Waals surface area contributed by atoms with Gasteiger partial charge in [0.15, 0.2) is 0 Å². The number of anilines is 2. The second kappa shape index (κ2) is 4.25. The third-order valence-corrected chi connectivity index (χ3v) is 3.16. The number of nitrogen functional groups attached to an aromatic ring is 2. The van der Waals surface area contributed by atoms with Gasteiger partial charge >= 0.3 is 0 Å². The highest BCUT2D eigenvalue weighted by atomic mass is 16.3. The van der Waals surface area contributed by atoms with Gasteiger partial charge in [-0.2, -0.15) is 0 Å². The maximum absolute atomic E-state index is 11.8. The number of nitrogens with one attached hydrogen (secondary N) is 1. The molecule has 1 amide bonds. The van der Waals surface area contributed by atoms with Gasteiger partial charge in [-0.15, -0.1) is 0 Å². The summed E-state index contributed by atoms with van der Waals surface area (Å²) in [5, 5.41) is 11.9. The number of benzene rings is 1. The van der Waals surface area contributed by atoms with Crippen molar-refractivity contribution in [3.63, 3.8) is 0 Å². The maximum Gasteiger partial charge on any atom is 0.251 e. The molecule has 6 N–H and O–H groups in total. The molecule has 0 heterocycles. The van der Waals surface area contributed by atoms with E-state index in [0.29, 0.717) is 23.5 Å². The Bertz CT molecular complexity index is 421. The van der Waals surface area contributed by atoms with Crippen LogP contribution in [0.2, 0.25) is 0 Å². The molecule has 1 aliphatic rings. The number of carbonyl (C=O) groups excluding carboxylic acids is 1. The standard InChI is InChI=1S/C12H17N3O2/c13-9-3-8(4-10(14)5-9)11(17)15-6-12(7-16)1-2-12/h3-5,16H,1-2,6-7,13-14H2,(H,15,17). The van der Waals surface area contributed by atoms with Crippen molar-refractivity contribution in [3.8, 4) is 0 Å². The minimum absolute atomic E-state index is 0.0957. The van der Waals surface area contributed by atoms with Gasteiger partial charge in [-0.3, -0.25) is 4.79 Å². The average Bonchev–Trinajstić information content (AvgIpc) is 3.05. The second-order valence-corrected chi connectivity index (χ2v) is 4.73. The molecular formula is C12H17N3O2. The second-order valence-electron chi connectivity index (χ2n) is 4.73. The zero-order chi connectivity index (χ0) is 12.5. The molecule has 1 saturated carbocycles. The summed E-state index contributed by atoms with van der Waals surface area (Å²) in [7, 11) is 0. The smallest absolute Gasteiger partial charge is 0.251 e. The van der Waals surface area contributed by atoms with Crippen LogP contribution in [0.25, 0.3) is 0 Å². The van der Waals surface area contributed by atoms with Gasteiger partial charge in [0.25, 0.3) is 5.91 Å². The Morgan fingerprint density at radius 1 is 1.29 bits per heavy atom. The van der Waals surface area contributed by atoms with E-state index in [1.54, 1.807) is 18.2 Å². The fourth-order valence-corrected chi connectivity index (χ4v) is 1.75. The highest BCUT2D eigenvalue weighted by Crippen LogP contribution is 2.44. The Balaban J connectivity index is 1.99. The number of nitrogens with two attached hydrogens (primary N) is 2. The van der Waals surface area contributed by atoms with Gasteiger partial charge in [-0.1, -0.05) is 0 Å². The van der Waals surface area contributed by atoms with Crippen molar-refractivity contribution < 1.29 is 9.90 Å². The molecule has 2 rings (SSSR count). The van der Waals surface area contributed by atoms with Crippen molar-refractivity contribution in [3.05, 3.63) is 23.8 Å².